The molecule has 0 aliphatic carbocycles. The molecule has 0 radical (unpaired) electrons. The van der Waals surface area contributed by atoms with E-state index in [0.717, 1.165) is 0 Å². The van der Waals surface area contributed by atoms with Crippen LogP contribution in [0.4, 0.5) is 4.39 Å². The minimum Gasteiger partial charge on any atom is -0.350 e. The van der Waals surface area contributed by atoms with E-state index in [1.54, 1.807) is 31.2 Å². The molecule has 0 spiro atoms. The van der Waals surface area contributed by atoms with E-state index in [2.05, 4.69) is 5.32 Å². The molecule has 1 amide bonds. The highest BCUT2D eigenvalue weighted by atomic mass is 35.5. The van der Waals surface area contributed by atoms with E-state index in [-0.39, 0.29) is 29.7 Å². The highest BCUT2D eigenvalue weighted by Crippen LogP contribution is 2.16. The van der Waals surface area contributed by atoms with Crippen molar-refractivity contribution in [2.75, 3.05) is 0 Å². The van der Waals surface area contributed by atoms with Crippen molar-refractivity contribution in [3.8, 4) is 0 Å². The minimum atomic E-state index is -0.535. The third-order valence-electron chi connectivity index (χ3n) is 4.89. The number of aromatic nitrogens is 2. The molecule has 1 aromatic heterocycles. The largest absolute Gasteiger partial charge is 0.350 e. The molecule has 0 saturated heterocycles. The van der Waals surface area contributed by atoms with Crippen LogP contribution in [-0.2, 0) is 17.9 Å². The monoisotopic (exact) mass is 417 g/mol. The second-order valence-electron chi connectivity index (χ2n) is 6.84. The molecule has 0 bridgehead atoms. The molecule has 0 fully saturated rings. The summed E-state index contributed by atoms with van der Waals surface area (Å²) in [6.45, 7) is 3.57. The maximum Gasteiger partial charge on any atom is 0.332 e. The predicted molar refractivity (Wildman–Crippen MR) is 111 cm³/mol. The van der Waals surface area contributed by atoms with Crippen molar-refractivity contribution in [3.05, 3.63) is 79.7 Å². The summed E-state index contributed by atoms with van der Waals surface area (Å²) >= 11 is 5.76. The van der Waals surface area contributed by atoms with E-state index in [1.807, 2.05) is 6.92 Å². The second-order valence-corrected chi connectivity index (χ2v) is 7.25. The Hall–Kier alpha value is -2.93. The molecule has 8 heteroatoms. The number of halogens is 2. The first kappa shape index (κ1) is 20.8. The Morgan fingerprint density at radius 3 is 2.62 bits per heavy atom. The molecule has 3 rings (SSSR count). The fourth-order valence-electron chi connectivity index (χ4n) is 3.11. The third kappa shape index (κ3) is 4.24. The molecule has 2 aromatic carbocycles. The first-order valence-electron chi connectivity index (χ1n) is 9.28. The number of fused-ring (bicyclic) bond motifs is 1. The highest BCUT2D eigenvalue weighted by Gasteiger charge is 2.17. The molecule has 0 unspecified atom stereocenters. The van der Waals surface area contributed by atoms with Gasteiger partial charge in [-0.1, -0.05) is 36.7 Å². The van der Waals surface area contributed by atoms with Crippen LogP contribution in [0.5, 0.6) is 0 Å². The van der Waals surface area contributed by atoms with Crippen LogP contribution in [0.1, 0.15) is 31.9 Å². The molecule has 6 nitrogen and oxygen atoms in total. The van der Waals surface area contributed by atoms with E-state index in [9.17, 15) is 18.8 Å². The Morgan fingerprint density at radius 1 is 1.21 bits per heavy atom. The number of rotatable bonds is 6. The lowest BCUT2D eigenvalue weighted by molar-refractivity contribution is -0.121. The van der Waals surface area contributed by atoms with Crippen molar-refractivity contribution in [2.45, 2.75) is 39.4 Å². The van der Waals surface area contributed by atoms with Crippen molar-refractivity contribution in [1.29, 1.82) is 0 Å². The summed E-state index contributed by atoms with van der Waals surface area (Å²) in [5.41, 5.74) is 0.147. The molecule has 1 N–H and O–H groups in total. The molecular formula is C21H21ClFN3O3. The van der Waals surface area contributed by atoms with Gasteiger partial charge in [0.15, 0.2) is 0 Å². The second kappa shape index (κ2) is 8.61. The lowest BCUT2D eigenvalue weighted by atomic mass is 10.2. The van der Waals surface area contributed by atoms with Gasteiger partial charge in [0.05, 0.1) is 15.9 Å². The van der Waals surface area contributed by atoms with Gasteiger partial charge in [0.1, 0.15) is 12.4 Å². The number of carbonyl (C=O) groups is 1. The number of amides is 1. The van der Waals surface area contributed by atoms with Crippen molar-refractivity contribution in [3.63, 3.8) is 0 Å². The fraction of sp³-hybridized carbons (Fsp3) is 0.286. The predicted octanol–water partition coefficient (Wildman–Crippen LogP) is 3.24. The number of para-hydroxylation sites is 1. The molecular weight excluding hydrogens is 397 g/mol. The molecule has 1 heterocycles. The Labute approximate surface area is 171 Å². The van der Waals surface area contributed by atoms with Crippen LogP contribution in [0, 0.1) is 5.82 Å². The van der Waals surface area contributed by atoms with Gasteiger partial charge in [0, 0.05) is 12.6 Å². The zero-order valence-corrected chi connectivity index (χ0v) is 16.9. The van der Waals surface area contributed by atoms with Gasteiger partial charge < -0.3 is 5.32 Å². The average Bonchev–Trinajstić information content (AvgIpc) is 2.72. The van der Waals surface area contributed by atoms with Gasteiger partial charge in [0.25, 0.3) is 5.56 Å². The van der Waals surface area contributed by atoms with Gasteiger partial charge in [-0.15, -0.1) is 0 Å². The Bertz CT molecular complexity index is 1190. The van der Waals surface area contributed by atoms with Crippen LogP contribution in [0.2, 0.25) is 5.02 Å². The molecule has 29 heavy (non-hydrogen) atoms. The average molecular weight is 418 g/mol. The van der Waals surface area contributed by atoms with Crippen LogP contribution in [0.3, 0.4) is 0 Å². The normalized spacial score (nSPS) is 12.1. The Balaban J connectivity index is 1.92. The van der Waals surface area contributed by atoms with E-state index in [0.29, 0.717) is 22.9 Å². The smallest absolute Gasteiger partial charge is 0.332 e. The fourth-order valence-corrected chi connectivity index (χ4v) is 3.32. The van der Waals surface area contributed by atoms with Crippen LogP contribution in [-0.4, -0.2) is 15.0 Å². The number of carbonyl (C=O) groups excluding carboxylic acids is 1. The number of nitrogens with zero attached hydrogens (tertiary/aromatic N) is 2. The summed E-state index contributed by atoms with van der Waals surface area (Å²) in [6, 6.07) is 10.6. The van der Waals surface area contributed by atoms with Crippen molar-refractivity contribution in [1.82, 2.24) is 14.5 Å². The Kier molecular flexibility index (Phi) is 6.17. The lowest BCUT2D eigenvalue weighted by Crippen LogP contribution is -2.43. The topological polar surface area (TPSA) is 73.1 Å². The van der Waals surface area contributed by atoms with Gasteiger partial charge in [-0.05, 0) is 43.2 Å². The molecule has 152 valence electrons. The lowest BCUT2D eigenvalue weighted by Gasteiger charge is -2.17. The zero-order valence-electron chi connectivity index (χ0n) is 16.1. The molecule has 3 aromatic rings. The standard InChI is InChI=1S/C21H21ClFN3O3/c1-3-13(2)26-20(28)15-6-4-5-7-18(15)25(21(26)29)12-19(27)24-11-14-8-9-17(23)16(22)10-14/h4-10,13H,3,11-12H2,1-2H3,(H,24,27)/t13-/m0/s1. The van der Waals surface area contributed by atoms with Gasteiger partial charge in [0.2, 0.25) is 5.91 Å². The molecule has 0 aliphatic rings. The van der Waals surface area contributed by atoms with Crippen LogP contribution in [0.25, 0.3) is 10.9 Å². The van der Waals surface area contributed by atoms with Gasteiger partial charge >= 0.3 is 5.69 Å². The van der Waals surface area contributed by atoms with Crippen molar-refractivity contribution < 1.29 is 9.18 Å². The summed E-state index contributed by atoms with van der Waals surface area (Å²) in [5, 5.41) is 3.05. The summed E-state index contributed by atoms with van der Waals surface area (Å²) in [4.78, 5) is 38.3. The first-order valence-corrected chi connectivity index (χ1v) is 9.66. The number of hydrogen-bond donors (Lipinski definition) is 1. The molecule has 0 aliphatic heterocycles. The van der Waals surface area contributed by atoms with Crippen molar-refractivity contribution in [2.24, 2.45) is 0 Å². The van der Waals surface area contributed by atoms with E-state index in [1.165, 1.54) is 27.3 Å². The molecule has 1 atom stereocenters. The molecule has 0 saturated carbocycles. The van der Waals surface area contributed by atoms with Crippen LogP contribution >= 0.6 is 11.6 Å². The Morgan fingerprint density at radius 2 is 1.93 bits per heavy atom. The quantitative estimate of drug-likeness (QED) is 0.669. The number of nitrogens with one attached hydrogen (secondary N) is 1. The van der Waals surface area contributed by atoms with E-state index >= 15 is 0 Å². The first-order chi connectivity index (χ1) is 13.8. The summed E-state index contributed by atoms with van der Waals surface area (Å²) in [6.07, 6.45) is 0.602. The minimum absolute atomic E-state index is 0.0282. The summed E-state index contributed by atoms with van der Waals surface area (Å²) in [7, 11) is 0. The maximum atomic E-state index is 13.3. The number of benzene rings is 2. The SMILES string of the molecule is CC[C@H](C)n1c(=O)c2ccccc2n(CC(=O)NCc2ccc(F)c(Cl)c2)c1=O. The highest BCUT2D eigenvalue weighted by molar-refractivity contribution is 6.30. The number of hydrogen-bond acceptors (Lipinski definition) is 3. The zero-order chi connectivity index (χ0) is 21.1. The van der Waals surface area contributed by atoms with Crippen LogP contribution in [0.15, 0.2) is 52.1 Å². The third-order valence-corrected chi connectivity index (χ3v) is 5.18. The van der Waals surface area contributed by atoms with E-state index < -0.39 is 17.4 Å². The summed E-state index contributed by atoms with van der Waals surface area (Å²) in [5.74, 6) is -0.945. The van der Waals surface area contributed by atoms with E-state index in [4.69, 9.17) is 11.6 Å². The van der Waals surface area contributed by atoms with Crippen LogP contribution < -0.4 is 16.6 Å². The van der Waals surface area contributed by atoms with Crippen molar-refractivity contribution >= 4 is 28.4 Å². The maximum absolute atomic E-state index is 13.3. The van der Waals surface area contributed by atoms with Gasteiger partial charge in [-0.2, -0.15) is 0 Å². The summed E-state index contributed by atoms with van der Waals surface area (Å²) < 4.78 is 15.7. The van der Waals surface area contributed by atoms with Gasteiger partial charge in [-0.25, -0.2) is 9.18 Å². The van der Waals surface area contributed by atoms with Gasteiger partial charge in [-0.3, -0.25) is 18.7 Å².